The highest BCUT2D eigenvalue weighted by atomic mass is 32.2. The van der Waals surface area contributed by atoms with Crippen molar-refractivity contribution in [1.29, 1.82) is 0 Å². The second-order valence-electron chi connectivity index (χ2n) is 8.75. The zero-order chi connectivity index (χ0) is 26.7. The minimum atomic E-state index is -3.77. The minimum absolute atomic E-state index is 0.0550. The van der Waals surface area contributed by atoms with Crippen LogP contribution in [0.5, 0.6) is 0 Å². The molecule has 1 aromatic carbocycles. The largest absolute Gasteiger partial charge is 0.442 e. The second-order valence-corrected chi connectivity index (χ2v) is 10.6. The Balaban J connectivity index is 1.40. The molecule has 0 radical (unpaired) electrons. The van der Waals surface area contributed by atoms with Crippen molar-refractivity contribution in [2.24, 2.45) is 10.9 Å². The van der Waals surface area contributed by atoms with E-state index in [1.165, 1.54) is 28.8 Å². The summed E-state index contributed by atoms with van der Waals surface area (Å²) in [6.45, 7) is 2.70. The van der Waals surface area contributed by atoms with Gasteiger partial charge in [-0.1, -0.05) is 6.92 Å². The molecule has 2 amide bonds. The third-order valence-electron chi connectivity index (χ3n) is 6.20. The lowest BCUT2D eigenvalue weighted by Gasteiger charge is -2.26. The van der Waals surface area contributed by atoms with Crippen LogP contribution in [0.15, 0.2) is 34.2 Å². The van der Waals surface area contributed by atoms with Gasteiger partial charge in [-0.15, -0.1) is 4.41 Å². The summed E-state index contributed by atoms with van der Waals surface area (Å²) < 4.78 is 72.3. The molecule has 3 aliphatic heterocycles. The molecule has 0 aliphatic carbocycles. The summed E-state index contributed by atoms with van der Waals surface area (Å²) in [7, 11) is -3.77. The van der Waals surface area contributed by atoms with Crippen molar-refractivity contribution in [2.75, 3.05) is 55.6 Å². The maximum atomic E-state index is 15.1. The van der Waals surface area contributed by atoms with E-state index in [-0.39, 0.29) is 54.9 Å². The second kappa shape index (κ2) is 11.1. The molecule has 3 heterocycles. The van der Waals surface area contributed by atoms with Crippen LogP contribution < -0.4 is 20.5 Å². The van der Waals surface area contributed by atoms with Gasteiger partial charge < -0.3 is 15.0 Å². The van der Waals surface area contributed by atoms with Gasteiger partial charge in [0.05, 0.1) is 29.4 Å². The Hall–Kier alpha value is -3.17. The summed E-state index contributed by atoms with van der Waals surface area (Å²) in [5.41, 5.74) is 3.33. The first-order valence-corrected chi connectivity index (χ1v) is 13.1. The number of carbonyl (C=O) groups is 2. The number of nitrogens with zero attached hydrogens (tertiary/aromatic N) is 4. The third-order valence-corrected chi connectivity index (χ3v) is 8.23. The van der Waals surface area contributed by atoms with Crippen LogP contribution in [0.3, 0.4) is 0 Å². The molecular weight excluding hydrogens is 517 g/mol. The number of aliphatic imine (C=N–C) groups is 1. The number of amides is 2. The molecule has 0 aromatic heterocycles. The normalized spacial score (nSPS) is 23.2. The van der Waals surface area contributed by atoms with Gasteiger partial charge in [-0.2, -0.15) is 8.78 Å². The van der Waals surface area contributed by atoms with Gasteiger partial charge >= 0.3 is 12.5 Å². The molecule has 1 unspecified atom stereocenters. The monoisotopic (exact) mass is 544 g/mol. The van der Waals surface area contributed by atoms with E-state index >= 15 is 4.39 Å². The van der Waals surface area contributed by atoms with Crippen molar-refractivity contribution in [3.05, 3.63) is 35.0 Å². The molecule has 3 aliphatic rings. The number of allylic oxidation sites excluding steroid dienone is 1. The molecule has 2 saturated heterocycles. The Morgan fingerprint density at radius 1 is 1.30 bits per heavy atom. The maximum Gasteiger partial charge on any atom is 0.414 e. The zero-order valence-corrected chi connectivity index (χ0v) is 20.8. The van der Waals surface area contributed by atoms with E-state index in [1.807, 2.05) is 5.32 Å². The fraction of sp³-hybridized carbons (Fsp3) is 0.500. The fourth-order valence-corrected chi connectivity index (χ4v) is 5.93. The third kappa shape index (κ3) is 5.88. The fourth-order valence-electron chi connectivity index (χ4n) is 4.28. The maximum absolute atomic E-state index is 15.1. The quantitative estimate of drug-likeness (QED) is 0.527. The van der Waals surface area contributed by atoms with E-state index < -0.39 is 40.4 Å². The highest BCUT2D eigenvalue weighted by Gasteiger charge is 2.35. The number of carbonyl (C=O) groups excluding carboxylic acids is 2. The molecule has 2 fully saturated rings. The summed E-state index contributed by atoms with van der Waals surface area (Å²) in [6, 6.07) is 4.15. The van der Waals surface area contributed by atoms with Gasteiger partial charge in [0.15, 0.2) is 0 Å². The van der Waals surface area contributed by atoms with Crippen molar-refractivity contribution in [1.82, 2.24) is 15.2 Å². The minimum Gasteiger partial charge on any atom is -0.442 e. The first-order chi connectivity index (χ1) is 17.6. The molecule has 4 rings (SSSR count). The van der Waals surface area contributed by atoms with Crippen LogP contribution in [-0.4, -0.2) is 89.4 Å². The number of dihydropyridines is 1. The summed E-state index contributed by atoms with van der Waals surface area (Å²) >= 11 is 0. The number of anilines is 2. The first-order valence-electron chi connectivity index (χ1n) is 11.6. The van der Waals surface area contributed by atoms with Crippen LogP contribution in [0.1, 0.15) is 6.92 Å². The van der Waals surface area contributed by atoms with Gasteiger partial charge in [0.1, 0.15) is 11.9 Å². The van der Waals surface area contributed by atoms with E-state index in [0.717, 1.165) is 11.0 Å². The average Bonchev–Trinajstić information content (AvgIpc) is 3.06. The lowest BCUT2D eigenvalue weighted by Crippen LogP contribution is -2.45. The van der Waals surface area contributed by atoms with E-state index in [0.29, 0.717) is 13.1 Å². The SMILES string of the molecule is CC1CN=CC=C1S(=O)(=O)N1CCN(c2ccc(N3C[C@H](CNC(=O)C(F)F)OC3=O)cc2F)CCN1. The predicted octanol–water partition coefficient (Wildman–Crippen LogP) is 1.09. The van der Waals surface area contributed by atoms with E-state index in [4.69, 9.17) is 4.74 Å². The number of ether oxygens (including phenoxy) is 1. The van der Waals surface area contributed by atoms with Gasteiger partial charge in [0, 0.05) is 44.9 Å². The number of halogens is 3. The average molecular weight is 545 g/mol. The van der Waals surface area contributed by atoms with Gasteiger partial charge in [0.2, 0.25) is 0 Å². The molecule has 0 bridgehead atoms. The highest BCUT2D eigenvalue weighted by molar-refractivity contribution is 7.93. The van der Waals surface area contributed by atoms with Crippen LogP contribution in [0, 0.1) is 11.7 Å². The van der Waals surface area contributed by atoms with Crippen LogP contribution >= 0.6 is 0 Å². The predicted molar refractivity (Wildman–Crippen MR) is 129 cm³/mol. The Morgan fingerprint density at radius 3 is 2.78 bits per heavy atom. The number of hydrogen-bond acceptors (Lipinski definition) is 8. The van der Waals surface area contributed by atoms with Crippen molar-refractivity contribution in [3.8, 4) is 0 Å². The number of alkyl halides is 2. The van der Waals surface area contributed by atoms with Crippen molar-refractivity contribution < 1.29 is 35.9 Å². The number of hydrogen-bond donors (Lipinski definition) is 2. The van der Waals surface area contributed by atoms with E-state index in [2.05, 4.69) is 10.4 Å². The van der Waals surface area contributed by atoms with Crippen LogP contribution in [0.25, 0.3) is 0 Å². The smallest absolute Gasteiger partial charge is 0.414 e. The molecule has 37 heavy (non-hydrogen) atoms. The lowest BCUT2D eigenvalue weighted by atomic mass is 10.1. The Morgan fingerprint density at radius 2 is 2.08 bits per heavy atom. The van der Waals surface area contributed by atoms with Gasteiger partial charge in [-0.3, -0.25) is 14.7 Å². The van der Waals surface area contributed by atoms with Crippen molar-refractivity contribution in [3.63, 3.8) is 0 Å². The number of hydrazine groups is 1. The lowest BCUT2D eigenvalue weighted by molar-refractivity contribution is -0.132. The molecule has 15 heteroatoms. The number of benzene rings is 1. The number of rotatable bonds is 7. The molecule has 2 atom stereocenters. The first kappa shape index (κ1) is 26.9. The molecule has 2 N–H and O–H groups in total. The van der Waals surface area contributed by atoms with E-state index in [9.17, 15) is 26.8 Å². The Labute approximate surface area is 212 Å². The van der Waals surface area contributed by atoms with Crippen LogP contribution in [0.4, 0.5) is 29.3 Å². The standard InChI is InChI=1S/C22H27F3N6O5S/c1-14-11-26-5-4-19(14)37(34,35)31-9-8-29(7-6-28-31)18-3-2-15(10-17(18)23)30-13-16(36-22(30)33)12-27-21(32)20(24)25/h2-5,10,14,16,20,28H,6-9,11-13H2,1H3,(H,27,32)/t14?,16-/m0/s1. The molecule has 1 aromatic rings. The summed E-state index contributed by atoms with van der Waals surface area (Å²) in [6.07, 6.45) is -1.87. The number of cyclic esters (lactones) is 1. The summed E-state index contributed by atoms with van der Waals surface area (Å²) in [5.74, 6) is -2.35. The van der Waals surface area contributed by atoms with Gasteiger partial charge in [0.25, 0.3) is 15.9 Å². The highest BCUT2D eigenvalue weighted by Crippen LogP contribution is 2.29. The van der Waals surface area contributed by atoms with Crippen LogP contribution in [0.2, 0.25) is 0 Å². The van der Waals surface area contributed by atoms with Crippen molar-refractivity contribution >= 4 is 39.6 Å². The molecular formula is C22H27F3N6O5S. The van der Waals surface area contributed by atoms with E-state index in [1.54, 1.807) is 11.8 Å². The van der Waals surface area contributed by atoms with Gasteiger partial charge in [-0.05, 0) is 24.3 Å². The van der Waals surface area contributed by atoms with Crippen LogP contribution in [-0.2, 0) is 19.6 Å². The molecule has 0 saturated carbocycles. The topological polar surface area (TPSA) is 124 Å². The molecule has 11 nitrogen and oxygen atoms in total. The zero-order valence-electron chi connectivity index (χ0n) is 19.9. The number of sulfonamides is 1. The summed E-state index contributed by atoms with van der Waals surface area (Å²) in [5, 5.41) is 1.99. The molecule has 202 valence electrons. The number of nitrogens with one attached hydrogen (secondary N) is 2. The Bertz CT molecular complexity index is 1210. The van der Waals surface area contributed by atoms with Crippen molar-refractivity contribution in [2.45, 2.75) is 19.5 Å². The molecule has 0 spiro atoms. The Kier molecular flexibility index (Phi) is 8.04. The van der Waals surface area contributed by atoms with Gasteiger partial charge in [-0.25, -0.2) is 23.0 Å². The summed E-state index contributed by atoms with van der Waals surface area (Å²) in [4.78, 5) is 30.5.